The van der Waals surface area contributed by atoms with Crippen molar-refractivity contribution < 1.29 is 13.2 Å². The van der Waals surface area contributed by atoms with Gasteiger partial charge in [0.1, 0.15) is 0 Å². The van der Waals surface area contributed by atoms with E-state index >= 15 is 0 Å². The fourth-order valence-corrected chi connectivity index (χ4v) is 1.21. The normalized spacial score (nSPS) is 10.9. The molecular weight excluding hydrogens is 227 g/mol. The van der Waals surface area contributed by atoms with Gasteiger partial charge in [0.2, 0.25) is 0 Å². The zero-order chi connectivity index (χ0) is 10.6. The summed E-state index contributed by atoms with van der Waals surface area (Å²) in [5.74, 6) is 0. The van der Waals surface area contributed by atoms with Gasteiger partial charge in [0, 0.05) is 6.54 Å². The molecule has 0 bridgehead atoms. The molecule has 86 valence electrons. The van der Waals surface area contributed by atoms with Crippen LogP contribution in [-0.4, -0.2) is 6.54 Å². The second-order valence-corrected chi connectivity index (χ2v) is 2.94. The summed E-state index contributed by atoms with van der Waals surface area (Å²) in [7, 11) is 0. The van der Waals surface area contributed by atoms with E-state index in [2.05, 4.69) is 5.32 Å². The largest absolute Gasteiger partial charge is 0.416 e. The van der Waals surface area contributed by atoms with E-state index < -0.39 is 11.7 Å². The monoisotopic (exact) mass is 239 g/mol. The van der Waals surface area contributed by atoms with Gasteiger partial charge in [0.15, 0.2) is 0 Å². The first kappa shape index (κ1) is 14.3. The lowest BCUT2D eigenvalue weighted by Crippen LogP contribution is -2.16. The van der Waals surface area contributed by atoms with Crippen molar-refractivity contribution in [3.8, 4) is 0 Å². The predicted molar refractivity (Wildman–Crippen MR) is 56.1 cm³/mol. The number of halogens is 4. The lowest BCUT2D eigenvalue weighted by molar-refractivity contribution is -0.138. The van der Waals surface area contributed by atoms with Crippen LogP contribution in [0.25, 0.3) is 0 Å². The van der Waals surface area contributed by atoms with Gasteiger partial charge in [-0.2, -0.15) is 13.2 Å². The minimum atomic E-state index is -4.26. The van der Waals surface area contributed by atoms with Crippen LogP contribution in [0.4, 0.5) is 13.2 Å². The van der Waals surface area contributed by atoms with Crippen molar-refractivity contribution >= 4 is 12.4 Å². The Balaban J connectivity index is 0.00000196. The van der Waals surface area contributed by atoms with Crippen molar-refractivity contribution in [2.75, 3.05) is 6.54 Å². The van der Waals surface area contributed by atoms with Crippen LogP contribution >= 0.6 is 12.4 Å². The predicted octanol–water partition coefficient (Wildman–Crippen LogP) is 3.24. The lowest BCUT2D eigenvalue weighted by Gasteiger charge is -2.12. The van der Waals surface area contributed by atoms with Gasteiger partial charge in [-0.05, 0) is 18.2 Å². The van der Waals surface area contributed by atoms with Crippen LogP contribution < -0.4 is 5.32 Å². The van der Waals surface area contributed by atoms with Gasteiger partial charge >= 0.3 is 6.18 Å². The Hall–Kier alpha value is -0.740. The van der Waals surface area contributed by atoms with Crippen molar-refractivity contribution in [1.29, 1.82) is 0 Å². The SMILES string of the molecule is CCNCc1ccccc1C(F)(F)F.Cl. The molecule has 0 aromatic heterocycles. The number of benzene rings is 1. The standard InChI is InChI=1S/C10H12F3N.ClH/c1-2-14-7-8-5-3-4-6-9(8)10(11,12)13;/h3-6,14H,2,7H2,1H3;1H. The van der Waals surface area contributed by atoms with Crippen LogP contribution in [0, 0.1) is 0 Å². The van der Waals surface area contributed by atoms with Crippen molar-refractivity contribution in [1.82, 2.24) is 5.32 Å². The molecule has 0 saturated heterocycles. The van der Waals surface area contributed by atoms with Gasteiger partial charge < -0.3 is 5.32 Å². The molecule has 0 aliphatic rings. The van der Waals surface area contributed by atoms with E-state index in [1.807, 2.05) is 6.92 Å². The summed E-state index contributed by atoms with van der Waals surface area (Å²) >= 11 is 0. The molecule has 0 atom stereocenters. The second kappa shape index (κ2) is 5.98. The molecule has 0 saturated carbocycles. The zero-order valence-electron chi connectivity index (χ0n) is 8.27. The highest BCUT2D eigenvalue weighted by molar-refractivity contribution is 5.85. The molecular formula is C10H13ClF3N. The van der Waals surface area contributed by atoms with Crippen LogP contribution in [0.1, 0.15) is 18.1 Å². The summed E-state index contributed by atoms with van der Waals surface area (Å²) in [4.78, 5) is 0. The Morgan fingerprint density at radius 1 is 1.20 bits per heavy atom. The second-order valence-electron chi connectivity index (χ2n) is 2.94. The Kier molecular flexibility index (Phi) is 5.68. The van der Waals surface area contributed by atoms with E-state index in [9.17, 15) is 13.2 Å². The summed E-state index contributed by atoms with van der Waals surface area (Å²) in [6.45, 7) is 2.77. The summed E-state index contributed by atoms with van der Waals surface area (Å²) in [5.41, 5.74) is -0.261. The lowest BCUT2D eigenvalue weighted by atomic mass is 10.1. The Bertz CT molecular complexity index is 299. The highest BCUT2D eigenvalue weighted by atomic mass is 35.5. The van der Waals surface area contributed by atoms with Gasteiger partial charge in [0.25, 0.3) is 0 Å². The number of nitrogens with one attached hydrogen (secondary N) is 1. The third-order valence-corrected chi connectivity index (χ3v) is 1.89. The highest BCUT2D eigenvalue weighted by Gasteiger charge is 2.32. The van der Waals surface area contributed by atoms with E-state index in [0.717, 1.165) is 6.07 Å². The molecule has 0 aliphatic heterocycles. The quantitative estimate of drug-likeness (QED) is 0.854. The fourth-order valence-electron chi connectivity index (χ4n) is 1.21. The Morgan fingerprint density at radius 2 is 1.80 bits per heavy atom. The molecule has 0 amide bonds. The van der Waals surface area contributed by atoms with Gasteiger partial charge in [-0.1, -0.05) is 25.1 Å². The average Bonchev–Trinajstić information content (AvgIpc) is 2.14. The molecule has 1 aromatic carbocycles. The van der Waals surface area contributed by atoms with E-state index in [1.54, 1.807) is 6.07 Å². The maximum absolute atomic E-state index is 12.4. The molecule has 15 heavy (non-hydrogen) atoms. The van der Waals surface area contributed by atoms with Gasteiger partial charge in [0.05, 0.1) is 5.56 Å². The molecule has 0 spiro atoms. The molecule has 0 radical (unpaired) electrons. The van der Waals surface area contributed by atoms with E-state index in [1.165, 1.54) is 12.1 Å². The van der Waals surface area contributed by atoms with Crippen LogP contribution in [-0.2, 0) is 12.7 Å². The van der Waals surface area contributed by atoms with Crippen molar-refractivity contribution in [2.45, 2.75) is 19.6 Å². The highest BCUT2D eigenvalue weighted by Crippen LogP contribution is 2.31. The smallest absolute Gasteiger partial charge is 0.313 e. The fraction of sp³-hybridized carbons (Fsp3) is 0.400. The topological polar surface area (TPSA) is 12.0 Å². The minimum Gasteiger partial charge on any atom is -0.313 e. The third kappa shape index (κ3) is 4.10. The summed E-state index contributed by atoms with van der Waals surface area (Å²) in [6, 6.07) is 5.61. The number of rotatable bonds is 3. The maximum Gasteiger partial charge on any atom is 0.416 e. The van der Waals surface area contributed by atoms with Crippen LogP contribution in [0.5, 0.6) is 0 Å². The van der Waals surface area contributed by atoms with E-state index in [-0.39, 0.29) is 19.0 Å². The van der Waals surface area contributed by atoms with Gasteiger partial charge in [-0.3, -0.25) is 0 Å². The molecule has 0 heterocycles. The number of hydrogen-bond donors (Lipinski definition) is 1. The molecule has 1 rings (SSSR count). The Labute approximate surface area is 93.1 Å². The number of alkyl halides is 3. The summed E-state index contributed by atoms with van der Waals surface area (Å²) < 4.78 is 37.3. The first-order valence-corrected chi connectivity index (χ1v) is 4.41. The molecule has 1 N–H and O–H groups in total. The Morgan fingerprint density at radius 3 is 2.33 bits per heavy atom. The summed E-state index contributed by atoms with van der Waals surface area (Å²) in [5, 5.41) is 2.88. The van der Waals surface area contributed by atoms with Crippen LogP contribution in [0.2, 0.25) is 0 Å². The van der Waals surface area contributed by atoms with Crippen LogP contribution in [0.3, 0.4) is 0 Å². The molecule has 0 aliphatic carbocycles. The van der Waals surface area contributed by atoms with E-state index in [4.69, 9.17) is 0 Å². The maximum atomic E-state index is 12.4. The van der Waals surface area contributed by atoms with Crippen molar-refractivity contribution in [3.05, 3.63) is 35.4 Å². The van der Waals surface area contributed by atoms with Gasteiger partial charge in [-0.15, -0.1) is 12.4 Å². The first-order chi connectivity index (χ1) is 6.55. The molecule has 1 aromatic rings. The molecule has 5 heteroatoms. The van der Waals surface area contributed by atoms with Gasteiger partial charge in [-0.25, -0.2) is 0 Å². The third-order valence-electron chi connectivity index (χ3n) is 1.89. The van der Waals surface area contributed by atoms with E-state index in [0.29, 0.717) is 12.1 Å². The first-order valence-electron chi connectivity index (χ1n) is 4.41. The number of hydrogen-bond acceptors (Lipinski definition) is 1. The molecule has 1 nitrogen and oxygen atoms in total. The molecule has 0 fully saturated rings. The minimum absolute atomic E-state index is 0. The van der Waals surface area contributed by atoms with Crippen LogP contribution in [0.15, 0.2) is 24.3 Å². The van der Waals surface area contributed by atoms with Crippen molar-refractivity contribution in [2.24, 2.45) is 0 Å². The summed E-state index contributed by atoms with van der Waals surface area (Å²) in [6.07, 6.45) is -4.26. The average molecular weight is 240 g/mol. The molecule has 0 unspecified atom stereocenters. The van der Waals surface area contributed by atoms with Crippen molar-refractivity contribution in [3.63, 3.8) is 0 Å². The zero-order valence-corrected chi connectivity index (χ0v) is 9.08.